The van der Waals surface area contributed by atoms with Gasteiger partial charge in [0.05, 0.1) is 17.2 Å². The Hall–Kier alpha value is -2.65. The molecule has 1 aliphatic rings. The average molecular weight is 350 g/mol. The number of aromatic nitrogens is 3. The summed E-state index contributed by atoms with van der Waals surface area (Å²) in [6, 6.07) is 16.7. The monoisotopic (exact) mass is 350 g/mol. The summed E-state index contributed by atoms with van der Waals surface area (Å²) in [6.07, 6.45) is 2.15. The number of hydrogen-bond acceptors (Lipinski definition) is 4. The number of rotatable bonds is 5. The molecule has 0 amide bonds. The summed E-state index contributed by atoms with van der Waals surface area (Å²) >= 11 is 1.59. The Balaban J connectivity index is 1.60. The van der Waals surface area contributed by atoms with Crippen molar-refractivity contribution in [1.29, 1.82) is 5.26 Å². The van der Waals surface area contributed by atoms with Crippen molar-refractivity contribution in [3.63, 3.8) is 0 Å². The molecule has 1 heterocycles. The Labute approximate surface area is 149 Å². The van der Waals surface area contributed by atoms with Crippen molar-refractivity contribution in [2.24, 2.45) is 0 Å². The predicted molar refractivity (Wildman–Crippen MR) is 94.4 cm³/mol. The molecule has 1 aliphatic carbocycles. The number of nitrogens with zero attached hydrogens (tertiary/aromatic N) is 4. The second-order valence-electron chi connectivity index (χ2n) is 5.98. The van der Waals surface area contributed by atoms with E-state index in [1.807, 2.05) is 30.3 Å². The summed E-state index contributed by atoms with van der Waals surface area (Å²) in [5, 5.41) is 18.2. The molecule has 2 aromatic carbocycles. The molecule has 25 heavy (non-hydrogen) atoms. The van der Waals surface area contributed by atoms with Gasteiger partial charge in [-0.25, -0.2) is 4.39 Å². The van der Waals surface area contributed by atoms with Gasteiger partial charge in [-0.15, -0.1) is 10.2 Å². The summed E-state index contributed by atoms with van der Waals surface area (Å²) < 4.78 is 16.2. The quantitative estimate of drug-likeness (QED) is 0.632. The van der Waals surface area contributed by atoms with Gasteiger partial charge in [0, 0.05) is 11.8 Å². The Morgan fingerprint density at radius 3 is 2.56 bits per heavy atom. The summed E-state index contributed by atoms with van der Waals surface area (Å²) in [4.78, 5) is 0. The van der Waals surface area contributed by atoms with Gasteiger partial charge in [0.1, 0.15) is 5.82 Å². The summed E-state index contributed by atoms with van der Waals surface area (Å²) in [6.45, 7) is 0. The first-order valence-corrected chi connectivity index (χ1v) is 9.06. The van der Waals surface area contributed by atoms with Crippen molar-refractivity contribution in [2.75, 3.05) is 0 Å². The van der Waals surface area contributed by atoms with Crippen molar-refractivity contribution >= 4 is 11.8 Å². The van der Waals surface area contributed by atoms with Crippen molar-refractivity contribution < 1.29 is 4.39 Å². The van der Waals surface area contributed by atoms with Crippen molar-refractivity contribution in [1.82, 2.24) is 14.8 Å². The maximum absolute atomic E-state index is 14.2. The number of halogens is 1. The Bertz CT molecular complexity index is 939. The molecule has 6 heteroatoms. The van der Waals surface area contributed by atoms with E-state index in [4.69, 9.17) is 5.26 Å². The van der Waals surface area contributed by atoms with Gasteiger partial charge >= 0.3 is 0 Å². The number of thioether (sulfide) groups is 1. The minimum absolute atomic E-state index is 0.277. The van der Waals surface area contributed by atoms with Crippen LogP contribution < -0.4 is 0 Å². The van der Waals surface area contributed by atoms with Crippen LogP contribution in [0, 0.1) is 17.1 Å². The second kappa shape index (κ2) is 6.69. The molecule has 0 radical (unpaired) electrons. The highest BCUT2D eigenvalue weighted by molar-refractivity contribution is 7.98. The number of hydrogen-bond donors (Lipinski definition) is 0. The lowest BCUT2D eigenvalue weighted by Crippen LogP contribution is -2.01. The van der Waals surface area contributed by atoms with Crippen LogP contribution in [0.1, 0.15) is 30.0 Å². The number of nitriles is 1. The third-order valence-corrected chi connectivity index (χ3v) is 5.16. The minimum atomic E-state index is -0.277. The van der Waals surface area contributed by atoms with E-state index in [9.17, 15) is 4.39 Å². The van der Waals surface area contributed by atoms with E-state index >= 15 is 0 Å². The highest BCUT2D eigenvalue weighted by atomic mass is 32.2. The largest absolute Gasteiger partial charge is 0.299 e. The molecular weight excluding hydrogens is 335 g/mol. The van der Waals surface area contributed by atoms with Gasteiger partial charge in [-0.1, -0.05) is 36.0 Å². The van der Waals surface area contributed by atoms with Crippen molar-refractivity contribution in [2.45, 2.75) is 29.8 Å². The maximum Gasteiger partial charge on any atom is 0.192 e. The lowest BCUT2D eigenvalue weighted by molar-refractivity contribution is 0.622. The minimum Gasteiger partial charge on any atom is -0.299 e. The van der Waals surface area contributed by atoms with Crippen LogP contribution in [-0.2, 0) is 5.75 Å². The van der Waals surface area contributed by atoms with Gasteiger partial charge in [0.25, 0.3) is 0 Å². The standard InChI is InChI=1S/C19H15FN4S/c20-17-4-2-1-3-16(17)18-22-23-19(24(18)15-9-10-15)25-12-14-7-5-13(11-21)6-8-14/h1-8,15H,9-10,12H2. The van der Waals surface area contributed by atoms with E-state index in [0.717, 1.165) is 29.3 Å². The first-order chi connectivity index (χ1) is 12.3. The van der Waals surface area contributed by atoms with Gasteiger partial charge in [0.15, 0.2) is 11.0 Å². The van der Waals surface area contributed by atoms with Crippen LogP contribution in [0.3, 0.4) is 0 Å². The molecule has 3 aromatic rings. The van der Waals surface area contributed by atoms with E-state index in [1.54, 1.807) is 23.9 Å². The highest BCUT2D eigenvalue weighted by Gasteiger charge is 2.30. The summed E-state index contributed by atoms with van der Waals surface area (Å²) in [5.74, 6) is 1.05. The fraction of sp³-hybridized carbons (Fsp3) is 0.211. The fourth-order valence-corrected chi connectivity index (χ4v) is 3.65. The van der Waals surface area contributed by atoms with Crippen LogP contribution in [0.15, 0.2) is 53.7 Å². The topological polar surface area (TPSA) is 54.5 Å². The van der Waals surface area contributed by atoms with E-state index in [0.29, 0.717) is 23.0 Å². The Morgan fingerprint density at radius 1 is 1.12 bits per heavy atom. The summed E-state index contributed by atoms with van der Waals surface area (Å²) in [7, 11) is 0. The van der Waals surface area contributed by atoms with Crippen LogP contribution in [0.25, 0.3) is 11.4 Å². The SMILES string of the molecule is N#Cc1ccc(CSc2nnc(-c3ccccc3F)n2C2CC2)cc1. The third kappa shape index (κ3) is 3.28. The zero-order valence-electron chi connectivity index (χ0n) is 13.4. The van der Waals surface area contributed by atoms with Crippen molar-refractivity contribution in [3.8, 4) is 17.5 Å². The van der Waals surface area contributed by atoms with Crippen LogP contribution >= 0.6 is 11.8 Å². The normalized spacial score (nSPS) is 13.6. The molecule has 0 unspecified atom stereocenters. The molecule has 0 bridgehead atoms. The first-order valence-electron chi connectivity index (χ1n) is 8.08. The fourth-order valence-electron chi connectivity index (χ4n) is 2.69. The molecule has 0 N–H and O–H groups in total. The Morgan fingerprint density at radius 2 is 1.88 bits per heavy atom. The molecule has 0 aliphatic heterocycles. The molecule has 0 spiro atoms. The van der Waals surface area contributed by atoms with Crippen LogP contribution in [0.4, 0.5) is 4.39 Å². The molecule has 1 aromatic heterocycles. The lowest BCUT2D eigenvalue weighted by atomic mass is 10.2. The van der Waals surface area contributed by atoms with Gasteiger partial charge in [-0.2, -0.15) is 5.26 Å². The van der Waals surface area contributed by atoms with E-state index < -0.39 is 0 Å². The molecule has 0 saturated heterocycles. The molecule has 4 rings (SSSR count). The zero-order valence-corrected chi connectivity index (χ0v) is 14.2. The molecule has 4 nitrogen and oxygen atoms in total. The summed E-state index contributed by atoms with van der Waals surface area (Å²) in [5.41, 5.74) is 2.26. The van der Waals surface area contributed by atoms with Crippen LogP contribution in [0.2, 0.25) is 0 Å². The van der Waals surface area contributed by atoms with E-state index in [1.165, 1.54) is 6.07 Å². The van der Waals surface area contributed by atoms with Gasteiger partial charge in [-0.05, 0) is 42.7 Å². The van der Waals surface area contributed by atoms with Gasteiger partial charge in [0.2, 0.25) is 0 Å². The smallest absolute Gasteiger partial charge is 0.192 e. The average Bonchev–Trinajstić information content (AvgIpc) is 3.40. The number of benzene rings is 2. The van der Waals surface area contributed by atoms with Gasteiger partial charge < -0.3 is 0 Å². The molecular formula is C19H15FN4S. The highest BCUT2D eigenvalue weighted by Crippen LogP contribution is 2.41. The zero-order chi connectivity index (χ0) is 17.2. The molecule has 124 valence electrons. The Kier molecular flexibility index (Phi) is 4.24. The van der Waals surface area contributed by atoms with Crippen LogP contribution in [0.5, 0.6) is 0 Å². The van der Waals surface area contributed by atoms with Crippen molar-refractivity contribution in [3.05, 3.63) is 65.5 Å². The van der Waals surface area contributed by atoms with Crippen LogP contribution in [-0.4, -0.2) is 14.8 Å². The van der Waals surface area contributed by atoms with E-state index in [-0.39, 0.29) is 5.82 Å². The molecule has 1 fully saturated rings. The maximum atomic E-state index is 14.2. The first kappa shape index (κ1) is 15.9. The lowest BCUT2D eigenvalue weighted by Gasteiger charge is -2.09. The van der Waals surface area contributed by atoms with E-state index in [2.05, 4.69) is 20.8 Å². The second-order valence-corrected chi connectivity index (χ2v) is 6.93. The molecule has 1 saturated carbocycles. The third-order valence-electron chi connectivity index (χ3n) is 4.14. The van der Waals surface area contributed by atoms with Gasteiger partial charge in [-0.3, -0.25) is 4.57 Å². The molecule has 0 atom stereocenters. The predicted octanol–water partition coefficient (Wildman–Crippen LogP) is 4.58.